The first-order chi connectivity index (χ1) is 13.0. The molecule has 0 atom stereocenters. The molecule has 0 fully saturated rings. The van der Waals surface area contributed by atoms with Crippen LogP contribution in [0.2, 0.25) is 0 Å². The van der Waals surface area contributed by atoms with Gasteiger partial charge in [0.25, 0.3) is 11.6 Å². The van der Waals surface area contributed by atoms with E-state index in [1.54, 1.807) is 17.3 Å². The molecule has 134 valence electrons. The van der Waals surface area contributed by atoms with Crippen molar-refractivity contribution in [2.45, 2.75) is 13.5 Å². The van der Waals surface area contributed by atoms with Gasteiger partial charge in [-0.15, -0.1) is 0 Å². The minimum atomic E-state index is -0.448. The molecular weight excluding hydrogens is 344 g/mol. The van der Waals surface area contributed by atoms with Crippen LogP contribution in [0.1, 0.15) is 21.5 Å². The Bertz CT molecular complexity index is 1050. The molecular formula is C20H16N4O3. The molecule has 1 aromatic heterocycles. The van der Waals surface area contributed by atoms with Gasteiger partial charge in [0.2, 0.25) is 0 Å². The van der Waals surface area contributed by atoms with Crippen molar-refractivity contribution >= 4 is 28.7 Å². The highest BCUT2D eigenvalue weighted by molar-refractivity contribution is 6.10. The zero-order chi connectivity index (χ0) is 19.0. The van der Waals surface area contributed by atoms with E-state index in [0.29, 0.717) is 17.7 Å². The Morgan fingerprint density at radius 3 is 2.63 bits per heavy atom. The zero-order valence-electron chi connectivity index (χ0n) is 14.5. The van der Waals surface area contributed by atoms with E-state index in [9.17, 15) is 14.9 Å². The van der Waals surface area contributed by atoms with Crippen LogP contribution < -0.4 is 10.2 Å². The molecule has 7 heteroatoms. The minimum Gasteiger partial charge on any atom is -0.355 e. The summed E-state index contributed by atoms with van der Waals surface area (Å²) in [5, 5.41) is 14.3. The zero-order valence-corrected chi connectivity index (χ0v) is 14.5. The lowest BCUT2D eigenvalue weighted by Gasteiger charge is -2.18. The first kappa shape index (κ1) is 16.7. The summed E-state index contributed by atoms with van der Waals surface area (Å²) in [5.74, 6) is -0.154. The summed E-state index contributed by atoms with van der Waals surface area (Å²) < 4.78 is 0. The number of carbonyl (C=O) groups is 1. The third kappa shape index (κ3) is 3.10. The van der Waals surface area contributed by atoms with Gasteiger partial charge in [0, 0.05) is 47.2 Å². The van der Waals surface area contributed by atoms with Gasteiger partial charge in [-0.3, -0.25) is 19.9 Å². The molecule has 2 aromatic carbocycles. The number of pyridine rings is 1. The number of nitrogens with zero attached hydrogens (tertiary/aromatic N) is 3. The van der Waals surface area contributed by atoms with Crippen LogP contribution >= 0.6 is 0 Å². The van der Waals surface area contributed by atoms with Gasteiger partial charge in [0.1, 0.15) is 0 Å². The number of carbonyl (C=O) groups excluding carboxylic acids is 1. The summed E-state index contributed by atoms with van der Waals surface area (Å²) >= 11 is 0. The van der Waals surface area contributed by atoms with Crippen LogP contribution in [0.25, 0.3) is 0 Å². The smallest absolute Gasteiger partial charge is 0.269 e. The number of nitrogens with one attached hydrogen (secondary N) is 1. The van der Waals surface area contributed by atoms with Crippen LogP contribution in [-0.2, 0) is 6.54 Å². The van der Waals surface area contributed by atoms with Crippen LogP contribution in [0.4, 0.5) is 22.7 Å². The van der Waals surface area contributed by atoms with Gasteiger partial charge in [-0.2, -0.15) is 0 Å². The molecule has 1 aliphatic rings. The fraction of sp³-hybridized carbons (Fsp3) is 0.100. The SMILES string of the molecule is Cc1ccc(N2Cc3cc([N+](=O)[O-])ccc3C2=O)cc1Nc1ccncc1. The number of benzene rings is 2. The van der Waals surface area contributed by atoms with Gasteiger partial charge >= 0.3 is 0 Å². The van der Waals surface area contributed by atoms with E-state index in [1.165, 1.54) is 18.2 Å². The van der Waals surface area contributed by atoms with E-state index in [1.807, 2.05) is 37.3 Å². The molecule has 0 saturated heterocycles. The maximum atomic E-state index is 12.8. The summed E-state index contributed by atoms with van der Waals surface area (Å²) in [5.41, 5.74) is 4.72. The fourth-order valence-electron chi connectivity index (χ4n) is 3.13. The van der Waals surface area contributed by atoms with E-state index in [0.717, 1.165) is 22.6 Å². The number of hydrogen-bond acceptors (Lipinski definition) is 5. The van der Waals surface area contributed by atoms with E-state index >= 15 is 0 Å². The Kier molecular flexibility index (Phi) is 4.04. The van der Waals surface area contributed by atoms with E-state index in [2.05, 4.69) is 10.3 Å². The molecule has 0 aliphatic carbocycles. The number of aromatic nitrogens is 1. The maximum Gasteiger partial charge on any atom is 0.269 e. The highest BCUT2D eigenvalue weighted by atomic mass is 16.6. The molecule has 1 aliphatic heterocycles. The van der Waals surface area contributed by atoms with E-state index < -0.39 is 4.92 Å². The molecule has 1 amide bonds. The number of non-ortho nitro benzene ring substituents is 1. The molecule has 2 heterocycles. The quantitative estimate of drug-likeness (QED) is 0.556. The van der Waals surface area contributed by atoms with Gasteiger partial charge in [-0.25, -0.2) is 0 Å². The Hall–Kier alpha value is -3.74. The average molecular weight is 360 g/mol. The number of anilines is 3. The number of nitro groups is 1. The topological polar surface area (TPSA) is 88.4 Å². The molecule has 7 nitrogen and oxygen atoms in total. The summed E-state index contributed by atoms with van der Waals surface area (Å²) in [7, 11) is 0. The van der Waals surface area contributed by atoms with Crippen LogP contribution in [-0.4, -0.2) is 15.8 Å². The van der Waals surface area contributed by atoms with Gasteiger partial charge in [-0.1, -0.05) is 6.07 Å². The molecule has 0 unspecified atom stereocenters. The largest absolute Gasteiger partial charge is 0.355 e. The van der Waals surface area contributed by atoms with Crippen molar-refractivity contribution < 1.29 is 9.72 Å². The Morgan fingerprint density at radius 1 is 1.11 bits per heavy atom. The Labute approximate surface area is 155 Å². The van der Waals surface area contributed by atoms with Crippen molar-refractivity contribution in [1.29, 1.82) is 0 Å². The molecule has 0 bridgehead atoms. The summed E-state index contributed by atoms with van der Waals surface area (Å²) in [6.07, 6.45) is 3.41. The third-order valence-electron chi connectivity index (χ3n) is 4.60. The summed E-state index contributed by atoms with van der Waals surface area (Å²) in [6.45, 7) is 2.30. The number of nitro benzene ring substituents is 1. The van der Waals surface area contributed by atoms with Gasteiger partial charge in [-0.05, 0) is 48.4 Å². The maximum absolute atomic E-state index is 12.8. The number of aryl methyl sites for hydroxylation is 1. The predicted octanol–water partition coefficient (Wildman–Crippen LogP) is 4.20. The van der Waals surface area contributed by atoms with Gasteiger partial charge < -0.3 is 10.2 Å². The van der Waals surface area contributed by atoms with Crippen molar-refractivity contribution in [3.63, 3.8) is 0 Å². The molecule has 3 aromatic rings. The number of amides is 1. The van der Waals surface area contributed by atoms with Crippen LogP contribution in [0.15, 0.2) is 60.9 Å². The average Bonchev–Trinajstić information content (AvgIpc) is 3.00. The van der Waals surface area contributed by atoms with Crippen LogP contribution in [0.3, 0.4) is 0 Å². The second-order valence-electron chi connectivity index (χ2n) is 6.35. The first-order valence-electron chi connectivity index (χ1n) is 8.40. The predicted molar refractivity (Wildman–Crippen MR) is 102 cm³/mol. The van der Waals surface area contributed by atoms with Crippen molar-refractivity contribution in [3.8, 4) is 0 Å². The van der Waals surface area contributed by atoms with Gasteiger partial charge in [0.05, 0.1) is 11.5 Å². The molecule has 0 radical (unpaired) electrons. The van der Waals surface area contributed by atoms with Crippen molar-refractivity contribution in [2.75, 3.05) is 10.2 Å². The lowest BCUT2D eigenvalue weighted by molar-refractivity contribution is -0.384. The van der Waals surface area contributed by atoms with Crippen LogP contribution in [0.5, 0.6) is 0 Å². The Morgan fingerprint density at radius 2 is 1.89 bits per heavy atom. The third-order valence-corrected chi connectivity index (χ3v) is 4.60. The number of hydrogen-bond donors (Lipinski definition) is 1. The molecule has 0 saturated carbocycles. The second kappa shape index (κ2) is 6.53. The number of rotatable bonds is 4. The lowest BCUT2D eigenvalue weighted by Crippen LogP contribution is -2.23. The summed E-state index contributed by atoms with van der Waals surface area (Å²) in [6, 6.07) is 13.8. The first-order valence-corrected chi connectivity index (χ1v) is 8.40. The molecule has 0 spiro atoms. The van der Waals surface area contributed by atoms with Crippen molar-refractivity contribution in [2.24, 2.45) is 0 Å². The van der Waals surface area contributed by atoms with Crippen molar-refractivity contribution in [3.05, 3.63) is 87.7 Å². The molecule has 4 rings (SSSR count). The normalized spacial score (nSPS) is 12.8. The fourth-order valence-corrected chi connectivity index (χ4v) is 3.13. The summed E-state index contributed by atoms with van der Waals surface area (Å²) in [4.78, 5) is 28.9. The monoisotopic (exact) mass is 360 g/mol. The minimum absolute atomic E-state index is 0.00708. The van der Waals surface area contributed by atoms with Crippen molar-refractivity contribution in [1.82, 2.24) is 4.98 Å². The lowest BCUT2D eigenvalue weighted by atomic mass is 10.1. The molecule has 1 N–H and O–H groups in total. The standard InChI is InChI=1S/C20H16N4O3/c1-13-2-3-16(11-19(13)22-15-6-8-21-9-7-15)23-12-14-10-17(24(26)27)4-5-18(14)20(23)25/h2-11H,12H2,1H3,(H,21,22). The Balaban J connectivity index is 1.65. The highest BCUT2D eigenvalue weighted by Gasteiger charge is 2.30. The second-order valence-corrected chi connectivity index (χ2v) is 6.35. The number of fused-ring (bicyclic) bond motifs is 1. The van der Waals surface area contributed by atoms with E-state index in [-0.39, 0.29) is 11.6 Å². The van der Waals surface area contributed by atoms with E-state index in [4.69, 9.17) is 0 Å². The highest BCUT2D eigenvalue weighted by Crippen LogP contribution is 2.33. The molecule has 27 heavy (non-hydrogen) atoms. The van der Waals surface area contributed by atoms with Crippen LogP contribution in [0, 0.1) is 17.0 Å². The van der Waals surface area contributed by atoms with Gasteiger partial charge in [0.15, 0.2) is 0 Å².